The minimum atomic E-state index is -0.371. The first kappa shape index (κ1) is 17.3. The number of ether oxygens (including phenoxy) is 1. The zero-order valence-corrected chi connectivity index (χ0v) is 16.0. The number of carbonyl (C=O) groups excluding carboxylic acids is 2. The number of hydrogen-bond acceptors (Lipinski definition) is 5. The van der Waals surface area contributed by atoms with E-state index in [1.54, 1.807) is 11.3 Å². The summed E-state index contributed by atoms with van der Waals surface area (Å²) < 4.78 is 5.04. The van der Waals surface area contributed by atoms with Crippen molar-refractivity contribution >= 4 is 23.2 Å². The molecule has 1 aromatic rings. The molecule has 0 saturated heterocycles. The fourth-order valence-corrected chi connectivity index (χ4v) is 5.32. The minimum Gasteiger partial charge on any atom is -0.466 e. The highest BCUT2D eigenvalue weighted by Crippen LogP contribution is 2.44. The molecule has 3 aliphatic rings. The maximum atomic E-state index is 13.4. The van der Waals surface area contributed by atoms with Crippen molar-refractivity contribution in [3.8, 4) is 0 Å². The molecule has 1 aromatic heterocycles. The monoisotopic (exact) mass is 372 g/mol. The van der Waals surface area contributed by atoms with Crippen molar-refractivity contribution in [2.24, 2.45) is 0 Å². The average Bonchev–Trinajstić information content (AvgIpc) is 3.29. The average molecular weight is 372 g/mol. The van der Waals surface area contributed by atoms with Crippen LogP contribution in [0.5, 0.6) is 0 Å². The predicted molar refractivity (Wildman–Crippen MR) is 101 cm³/mol. The van der Waals surface area contributed by atoms with E-state index in [4.69, 9.17) is 4.74 Å². The summed E-state index contributed by atoms with van der Waals surface area (Å²) in [5, 5.41) is 5.32. The van der Waals surface area contributed by atoms with Crippen molar-refractivity contribution in [1.82, 2.24) is 10.2 Å². The van der Waals surface area contributed by atoms with E-state index < -0.39 is 0 Å². The summed E-state index contributed by atoms with van der Waals surface area (Å²) >= 11 is 1.58. The number of thiophene rings is 1. The van der Waals surface area contributed by atoms with Gasteiger partial charge in [-0.25, -0.2) is 4.79 Å². The van der Waals surface area contributed by atoms with E-state index in [0.29, 0.717) is 18.2 Å². The Morgan fingerprint density at radius 2 is 2.08 bits per heavy atom. The van der Waals surface area contributed by atoms with Crippen LogP contribution in [0.3, 0.4) is 0 Å². The summed E-state index contributed by atoms with van der Waals surface area (Å²) in [6, 6.07) is 4.28. The summed E-state index contributed by atoms with van der Waals surface area (Å²) in [5.41, 5.74) is 3.01. The van der Waals surface area contributed by atoms with E-state index in [1.807, 2.05) is 29.3 Å². The molecular weight excluding hydrogens is 348 g/mol. The van der Waals surface area contributed by atoms with Gasteiger partial charge in [0.05, 0.1) is 30.7 Å². The van der Waals surface area contributed by atoms with E-state index in [9.17, 15) is 9.59 Å². The number of rotatable bonds is 3. The Kier molecular flexibility index (Phi) is 4.61. The first-order valence-electron chi connectivity index (χ1n) is 9.25. The first-order chi connectivity index (χ1) is 12.6. The molecule has 1 N–H and O–H groups in total. The van der Waals surface area contributed by atoms with Crippen LogP contribution < -0.4 is 5.32 Å². The Labute approximate surface area is 157 Å². The van der Waals surface area contributed by atoms with E-state index in [0.717, 1.165) is 34.7 Å². The molecule has 5 nitrogen and oxygen atoms in total. The van der Waals surface area contributed by atoms with Gasteiger partial charge in [-0.15, -0.1) is 11.3 Å². The Balaban J connectivity index is 1.72. The molecule has 138 valence electrons. The highest BCUT2D eigenvalue weighted by molar-refractivity contribution is 7.10. The van der Waals surface area contributed by atoms with E-state index in [-0.39, 0.29) is 17.8 Å². The van der Waals surface area contributed by atoms with Crippen LogP contribution in [0.15, 0.2) is 40.1 Å². The molecule has 1 aliphatic carbocycles. The lowest BCUT2D eigenvalue weighted by Crippen LogP contribution is -2.39. The van der Waals surface area contributed by atoms with Crippen LogP contribution in [0.25, 0.3) is 0 Å². The second kappa shape index (κ2) is 6.91. The molecule has 1 atom stereocenters. The van der Waals surface area contributed by atoms with E-state index >= 15 is 0 Å². The zero-order chi connectivity index (χ0) is 18.3. The Bertz CT molecular complexity index is 788. The Hall–Kier alpha value is -2.08. The van der Waals surface area contributed by atoms with Gasteiger partial charge in [-0.2, -0.15) is 0 Å². The molecule has 0 aromatic carbocycles. The van der Waals surface area contributed by atoms with Crippen LogP contribution in [0.1, 0.15) is 49.8 Å². The van der Waals surface area contributed by atoms with Crippen LogP contribution in [0.4, 0.5) is 0 Å². The number of esters is 1. The third-order valence-electron chi connectivity index (χ3n) is 5.71. The zero-order valence-electron chi connectivity index (χ0n) is 15.2. The van der Waals surface area contributed by atoms with Gasteiger partial charge in [0, 0.05) is 22.3 Å². The van der Waals surface area contributed by atoms with Gasteiger partial charge in [0.25, 0.3) is 5.91 Å². The lowest BCUT2D eigenvalue weighted by molar-refractivity contribution is -0.136. The standard InChI is InChI=1S/C20H24N2O3S/c1-12-16(20(24)25-2)18(15-9-6-10-26-15)17-14(21-12)11-22(19(17)23)13-7-4-3-5-8-13/h6,9-10,13,18,21H,3-5,7-8,11H2,1-2H3. The second-order valence-corrected chi connectivity index (χ2v) is 8.20. The molecule has 1 unspecified atom stereocenters. The SMILES string of the molecule is COC(=O)C1=C(C)NC2=C(C(=O)N(C3CCCCC3)C2)C1c1cccs1. The number of hydrogen-bond donors (Lipinski definition) is 1. The van der Waals surface area contributed by atoms with Crippen LogP contribution in [0, 0.1) is 0 Å². The van der Waals surface area contributed by atoms with E-state index in [2.05, 4.69) is 5.32 Å². The number of methoxy groups -OCH3 is 1. The van der Waals surface area contributed by atoms with Crippen molar-refractivity contribution in [3.63, 3.8) is 0 Å². The fourth-order valence-electron chi connectivity index (χ4n) is 4.48. The van der Waals surface area contributed by atoms with Crippen molar-refractivity contribution in [2.75, 3.05) is 13.7 Å². The molecule has 0 radical (unpaired) electrons. The topological polar surface area (TPSA) is 58.6 Å². The van der Waals surface area contributed by atoms with Gasteiger partial charge in [0.15, 0.2) is 0 Å². The Morgan fingerprint density at radius 1 is 1.31 bits per heavy atom. The molecule has 3 heterocycles. The molecule has 0 spiro atoms. The third-order valence-corrected chi connectivity index (χ3v) is 6.65. The molecular formula is C20H24N2O3S. The highest BCUT2D eigenvalue weighted by atomic mass is 32.1. The maximum Gasteiger partial charge on any atom is 0.336 e. The predicted octanol–water partition coefficient (Wildman–Crippen LogP) is 3.31. The summed E-state index contributed by atoms with van der Waals surface area (Å²) in [4.78, 5) is 28.9. The summed E-state index contributed by atoms with van der Waals surface area (Å²) in [5.74, 6) is -0.629. The highest BCUT2D eigenvalue weighted by Gasteiger charge is 2.45. The number of nitrogens with one attached hydrogen (secondary N) is 1. The van der Waals surface area contributed by atoms with Gasteiger partial charge < -0.3 is 15.0 Å². The fraction of sp³-hybridized carbons (Fsp3) is 0.500. The summed E-state index contributed by atoms with van der Waals surface area (Å²) in [6.45, 7) is 2.51. The van der Waals surface area contributed by atoms with Gasteiger partial charge in [0.1, 0.15) is 0 Å². The third kappa shape index (κ3) is 2.76. The molecule has 1 saturated carbocycles. The summed E-state index contributed by atoms with van der Waals surface area (Å²) in [7, 11) is 1.39. The van der Waals surface area contributed by atoms with Crippen LogP contribution >= 0.6 is 11.3 Å². The molecule has 0 bridgehead atoms. The van der Waals surface area contributed by atoms with Crippen LogP contribution in [0.2, 0.25) is 0 Å². The van der Waals surface area contributed by atoms with Gasteiger partial charge in [-0.1, -0.05) is 25.3 Å². The van der Waals surface area contributed by atoms with Gasteiger partial charge in [-0.3, -0.25) is 4.79 Å². The molecule has 6 heteroatoms. The summed E-state index contributed by atoms with van der Waals surface area (Å²) in [6.07, 6.45) is 5.78. The van der Waals surface area contributed by atoms with E-state index in [1.165, 1.54) is 26.4 Å². The number of nitrogens with zero attached hydrogens (tertiary/aromatic N) is 1. The molecule has 4 rings (SSSR count). The maximum absolute atomic E-state index is 13.4. The van der Waals surface area contributed by atoms with Gasteiger partial charge in [0.2, 0.25) is 0 Å². The largest absolute Gasteiger partial charge is 0.466 e. The number of amides is 1. The van der Waals surface area contributed by atoms with Gasteiger partial charge >= 0.3 is 5.97 Å². The Morgan fingerprint density at radius 3 is 2.73 bits per heavy atom. The molecule has 2 aliphatic heterocycles. The number of dihydropyridines is 1. The van der Waals surface area contributed by atoms with Gasteiger partial charge in [-0.05, 0) is 31.2 Å². The van der Waals surface area contributed by atoms with Crippen molar-refractivity contribution in [2.45, 2.75) is 51.0 Å². The number of carbonyl (C=O) groups is 2. The molecule has 1 fully saturated rings. The van der Waals surface area contributed by atoms with Crippen LogP contribution in [-0.2, 0) is 14.3 Å². The normalized spacial score (nSPS) is 24.0. The van der Waals surface area contributed by atoms with Crippen LogP contribution in [-0.4, -0.2) is 36.5 Å². The first-order valence-corrected chi connectivity index (χ1v) is 10.1. The van der Waals surface area contributed by atoms with Crippen molar-refractivity contribution in [3.05, 3.63) is 44.9 Å². The molecule has 26 heavy (non-hydrogen) atoms. The van der Waals surface area contributed by atoms with Crippen molar-refractivity contribution in [1.29, 1.82) is 0 Å². The second-order valence-electron chi connectivity index (χ2n) is 7.22. The minimum absolute atomic E-state index is 0.0757. The lowest BCUT2D eigenvalue weighted by atomic mass is 9.84. The quantitative estimate of drug-likeness (QED) is 0.827. The number of allylic oxidation sites excluding steroid dienone is 1. The smallest absolute Gasteiger partial charge is 0.336 e. The lowest BCUT2D eigenvalue weighted by Gasteiger charge is -2.31. The van der Waals surface area contributed by atoms with Crippen molar-refractivity contribution < 1.29 is 14.3 Å². The molecule has 1 amide bonds.